The molecule has 3 N–H and O–H groups in total. The second-order valence-corrected chi connectivity index (χ2v) is 8.73. The summed E-state index contributed by atoms with van der Waals surface area (Å²) in [5.74, 6) is -1.74. The summed E-state index contributed by atoms with van der Waals surface area (Å²) < 4.78 is 10.8. The van der Waals surface area contributed by atoms with E-state index < -0.39 is 24.2 Å². The number of carboxylic acid groups (broad SMARTS) is 1. The van der Waals surface area contributed by atoms with Crippen LogP contribution in [-0.4, -0.2) is 55.0 Å². The smallest absolute Gasteiger partial charge is 0.407 e. The van der Waals surface area contributed by atoms with Crippen LogP contribution in [0.5, 0.6) is 0 Å². The highest BCUT2D eigenvalue weighted by molar-refractivity contribution is 5.86. The molecule has 0 aromatic heterocycles. The first-order valence-corrected chi connectivity index (χ1v) is 11.7. The van der Waals surface area contributed by atoms with Crippen molar-refractivity contribution in [3.63, 3.8) is 0 Å². The van der Waals surface area contributed by atoms with E-state index in [0.717, 1.165) is 22.3 Å². The predicted molar refractivity (Wildman–Crippen MR) is 125 cm³/mol. The van der Waals surface area contributed by atoms with Crippen molar-refractivity contribution in [2.24, 2.45) is 5.92 Å². The zero-order chi connectivity index (χ0) is 24.1. The number of hydrogen-bond donors (Lipinski definition) is 3. The molecule has 0 saturated carbocycles. The van der Waals surface area contributed by atoms with E-state index >= 15 is 0 Å². The first-order chi connectivity index (χ1) is 16.5. The quantitative estimate of drug-likeness (QED) is 0.523. The van der Waals surface area contributed by atoms with E-state index in [9.17, 15) is 19.5 Å². The number of carboxylic acids is 1. The highest BCUT2D eigenvalue weighted by atomic mass is 16.5. The minimum atomic E-state index is -1.03. The Labute approximate surface area is 198 Å². The van der Waals surface area contributed by atoms with Crippen molar-refractivity contribution in [3.8, 4) is 11.1 Å². The molecule has 1 fully saturated rings. The molecular formula is C26H30N2O6. The zero-order valence-corrected chi connectivity index (χ0v) is 19.2. The zero-order valence-electron chi connectivity index (χ0n) is 19.2. The van der Waals surface area contributed by atoms with E-state index in [1.54, 1.807) is 0 Å². The first kappa shape index (κ1) is 23.8. The Kier molecular flexibility index (Phi) is 7.47. The molecule has 2 aromatic rings. The van der Waals surface area contributed by atoms with Crippen LogP contribution in [0.4, 0.5) is 4.79 Å². The van der Waals surface area contributed by atoms with Crippen molar-refractivity contribution in [1.29, 1.82) is 0 Å². The molecule has 3 atom stereocenters. The second kappa shape index (κ2) is 10.7. The molecule has 180 valence electrons. The van der Waals surface area contributed by atoms with Crippen molar-refractivity contribution >= 4 is 18.0 Å². The monoisotopic (exact) mass is 466 g/mol. The number of carbonyl (C=O) groups is 3. The van der Waals surface area contributed by atoms with Gasteiger partial charge >= 0.3 is 12.1 Å². The molecule has 0 spiro atoms. The van der Waals surface area contributed by atoms with Gasteiger partial charge in [0.15, 0.2) is 6.10 Å². The van der Waals surface area contributed by atoms with E-state index in [-0.39, 0.29) is 30.9 Å². The van der Waals surface area contributed by atoms with Gasteiger partial charge < -0.3 is 25.2 Å². The number of alkyl carbamates (subject to hydrolysis) is 1. The van der Waals surface area contributed by atoms with Crippen molar-refractivity contribution in [1.82, 2.24) is 10.6 Å². The standard InChI is InChI=1S/C26H30N2O6/c1-2-7-22(24(29)27-14-16-12-13-33-23(16)25(30)31)28-26(32)34-15-21-19-10-5-3-8-17(19)18-9-4-6-11-20(18)21/h3-6,8-11,16,21-23H,2,7,12-15H2,1H3,(H,27,29)(H,28,32)(H,30,31)/t16-,22+,23-/m0/s1. The highest BCUT2D eigenvalue weighted by Gasteiger charge is 2.35. The Balaban J connectivity index is 1.33. The Morgan fingerprint density at radius 1 is 1.09 bits per heavy atom. The number of hydrogen-bond acceptors (Lipinski definition) is 5. The van der Waals surface area contributed by atoms with Crippen LogP contribution >= 0.6 is 0 Å². The maximum absolute atomic E-state index is 12.7. The molecule has 2 amide bonds. The summed E-state index contributed by atoms with van der Waals surface area (Å²) >= 11 is 0. The van der Waals surface area contributed by atoms with E-state index in [0.29, 0.717) is 25.9 Å². The lowest BCUT2D eigenvalue weighted by molar-refractivity contribution is -0.149. The fourth-order valence-corrected chi connectivity index (χ4v) is 4.81. The van der Waals surface area contributed by atoms with Gasteiger partial charge in [-0.3, -0.25) is 4.79 Å². The first-order valence-electron chi connectivity index (χ1n) is 11.7. The molecule has 0 unspecified atom stereocenters. The maximum atomic E-state index is 12.7. The number of rotatable bonds is 9. The number of benzene rings is 2. The van der Waals surface area contributed by atoms with Crippen molar-refractivity contribution in [2.75, 3.05) is 19.8 Å². The van der Waals surface area contributed by atoms with E-state index in [1.807, 2.05) is 43.3 Å². The van der Waals surface area contributed by atoms with Crippen LogP contribution < -0.4 is 10.6 Å². The topological polar surface area (TPSA) is 114 Å². The van der Waals surface area contributed by atoms with Crippen LogP contribution in [0.15, 0.2) is 48.5 Å². The number of amides is 2. The minimum absolute atomic E-state index is 0.0630. The maximum Gasteiger partial charge on any atom is 0.407 e. The summed E-state index contributed by atoms with van der Waals surface area (Å²) in [5.41, 5.74) is 4.52. The van der Waals surface area contributed by atoms with Gasteiger partial charge in [-0.1, -0.05) is 61.9 Å². The molecule has 34 heavy (non-hydrogen) atoms. The van der Waals surface area contributed by atoms with Crippen LogP contribution in [0, 0.1) is 5.92 Å². The van der Waals surface area contributed by atoms with Crippen LogP contribution in [0.25, 0.3) is 11.1 Å². The van der Waals surface area contributed by atoms with Crippen LogP contribution in [-0.2, 0) is 19.1 Å². The van der Waals surface area contributed by atoms with Gasteiger partial charge in [-0.05, 0) is 35.1 Å². The number of fused-ring (bicyclic) bond motifs is 3. The van der Waals surface area contributed by atoms with Gasteiger partial charge in [0.25, 0.3) is 0 Å². The Morgan fingerprint density at radius 3 is 2.35 bits per heavy atom. The van der Waals surface area contributed by atoms with Crippen LogP contribution in [0.1, 0.15) is 43.2 Å². The van der Waals surface area contributed by atoms with Crippen molar-refractivity contribution in [2.45, 2.75) is 44.2 Å². The molecule has 8 heteroatoms. The van der Waals surface area contributed by atoms with Gasteiger partial charge in [0.1, 0.15) is 12.6 Å². The molecular weight excluding hydrogens is 436 g/mol. The Morgan fingerprint density at radius 2 is 1.74 bits per heavy atom. The summed E-state index contributed by atoms with van der Waals surface area (Å²) in [6.07, 6.45) is 0.129. The van der Waals surface area contributed by atoms with Gasteiger partial charge in [0.2, 0.25) is 5.91 Å². The molecule has 2 aliphatic rings. The molecule has 2 aromatic carbocycles. The lowest BCUT2D eigenvalue weighted by Gasteiger charge is -2.21. The average Bonchev–Trinajstić information content (AvgIpc) is 3.44. The third-order valence-electron chi connectivity index (χ3n) is 6.53. The molecule has 1 heterocycles. The molecule has 4 rings (SSSR count). The lowest BCUT2D eigenvalue weighted by atomic mass is 9.98. The third-order valence-corrected chi connectivity index (χ3v) is 6.53. The molecule has 8 nitrogen and oxygen atoms in total. The normalized spacial score (nSPS) is 19.7. The lowest BCUT2D eigenvalue weighted by Crippen LogP contribution is -2.48. The van der Waals surface area contributed by atoms with E-state index in [2.05, 4.69) is 22.8 Å². The summed E-state index contributed by atoms with van der Waals surface area (Å²) in [6, 6.07) is 15.4. The molecule has 1 aliphatic carbocycles. The predicted octanol–water partition coefficient (Wildman–Crippen LogP) is 3.30. The van der Waals surface area contributed by atoms with Crippen LogP contribution in [0.2, 0.25) is 0 Å². The van der Waals surface area contributed by atoms with Crippen molar-refractivity contribution < 1.29 is 29.0 Å². The summed E-state index contributed by atoms with van der Waals surface area (Å²) in [4.78, 5) is 36.6. The fourth-order valence-electron chi connectivity index (χ4n) is 4.81. The third kappa shape index (κ3) is 5.07. The summed E-state index contributed by atoms with van der Waals surface area (Å²) in [6.45, 7) is 2.63. The molecule has 1 saturated heterocycles. The van der Waals surface area contributed by atoms with Gasteiger partial charge in [0.05, 0.1) is 0 Å². The van der Waals surface area contributed by atoms with E-state index in [1.165, 1.54) is 0 Å². The SMILES string of the molecule is CCC[C@@H](NC(=O)OCC1c2ccccc2-c2ccccc21)C(=O)NC[C@@H]1CCO[C@@H]1C(=O)O. The number of nitrogens with one attached hydrogen (secondary N) is 2. The Hall–Kier alpha value is -3.39. The number of aliphatic carboxylic acids is 1. The van der Waals surface area contributed by atoms with Gasteiger partial charge in [-0.25, -0.2) is 9.59 Å². The second-order valence-electron chi connectivity index (χ2n) is 8.73. The van der Waals surface area contributed by atoms with Gasteiger partial charge in [0, 0.05) is 25.0 Å². The molecule has 1 aliphatic heterocycles. The van der Waals surface area contributed by atoms with Gasteiger partial charge in [-0.2, -0.15) is 0 Å². The number of carbonyl (C=O) groups excluding carboxylic acids is 2. The largest absolute Gasteiger partial charge is 0.479 e. The minimum Gasteiger partial charge on any atom is -0.479 e. The number of ether oxygens (including phenoxy) is 2. The fraction of sp³-hybridized carbons (Fsp3) is 0.423. The summed E-state index contributed by atoms with van der Waals surface area (Å²) in [7, 11) is 0. The molecule has 0 bridgehead atoms. The van der Waals surface area contributed by atoms with Gasteiger partial charge in [-0.15, -0.1) is 0 Å². The summed E-state index contributed by atoms with van der Waals surface area (Å²) in [5, 5.41) is 14.7. The Bertz CT molecular complexity index is 1010. The van der Waals surface area contributed by atoms with Crippen LogP contribution in [0.3, 0.4) is 0 Å². The molecule has 0 radical (unpaired) electrons. The van der Waals surface area contributed by atoms with E-state index in [4.69, 9.17) is 9.47 Å². The average molecular weight is 467 g/mol. The highest BCUT2D eigenvalue weighted by Crippen LogP contribution is 2.44. The van der Waals surface area contributed by atoms with Crippen molar-refractivity contribution in [3.05, 3.63) is 59.7 Å².